The molecule has 3 nitrogen and oxygen atoms in total. The van der Waals surface area contributed by atoms with Crippen molar-refractivity contribution in [3.8, 4) is 0 Å². The molecule has 1 aliphatic heterocycles. The van der Waals surface area contributed by atoms with Gasteiger partial charge in [0, 0.05) is 6.54 Å². The van der Waals surface area contributed by atoms with Gasteiger partial charge in [-0.3, -0.25) is 4.90 Å². The maximum absolute atomic E-state index is 12.6. The quantitative estimate of drug-likeness (QED) is 0.774. The summed E-state index contributed by atoms with van der Waals surface area (Å²) in [6, 6.07) is 3.30. The van der Waals surface area contributed by atoms with Crippen molar-refractivity contribution in [1.29, 1.82) is 0 Å². The summed E-state index contributed by atoms with van der Waals surface area (Å²) < 4.78 is 37.9. The van der Waals surface area contributed by atoms with Gasteiger partial charge in [0.25, 0.3) is 0 Å². The van der Waals surface area contributed by atoms with Crippen molar-refractivity contribution in [2.75, 3.05) is 11.4 Å². The van der Waals surface area contributed by atoms with Gasteiger partial charge in [0.1, 0.15) is 0 Å². The molecule has 2 rings (SSSR count). The first kappa shape index (κ1) is 12.7. The molecule has 0 atom stereocenters. The standard InChI is InChI=1S/C12H12F3NO2/c13-12(14,15)9-5-4-8-3-1-2-6-16(11(17)18)10(8)7-9/h4-5,7H,1-3,6H2,(H,17,18). The van der Waals surface area contributed by atoms with Gasteiger partial charge in [0.2, 0.25) is 0 Å². The van der Waals surface area contributed by atoms with Crippen LogP contribution in [0.3, 0.4) is 0 Å². The summed E-state index contributed by atoms with van der Waals surface area (Å²) in [7, 11) is 0. The second kappa shape index (κ2) is 4.51. The van der Waals surface area contributed by atoms with E-state index in [2.05, 4.69) is 0 Å². The number of carbonyl (C=O) groups is 1. The molecule has 1 aliphatic rings. The summed E-state index contributed by atoms with van der Waals surface area (Å²) >= 11 is 0. The van der Waals surface area contributed by atoms with Gasteiger partial charge in [0.05, 0.1) is 11.3 Å². The van der Waals surface area contributed by atoms with E-state index in [1.54, 1.807) is 0 Å². The Morgan fingerprint density at radius 3 is 2.61 bits per heavy atom. The van der Waals surface area contributed by atoms with E-state index in [4.69, 9.17) is 5.11 Å². The lowest BCUT2D eigenvalue weighted by Gasteiger charge is -2.20. The normalized spacial score (nSPS) is 16.1. The molecule has 1 aromatic carbocycles. The lowest BCUT2D eigenvalue weighted by Crippen LogP contribution is -2.30. The number of fused-ring (bicyclic) bond motifs is 1. The predicted octanol–water partition coefficient (Wildman–Crippen LogP) is 3.53. The fourth-order valence-electron chi connectivity index (χ4n) is 2.11. The van der Waals surface area contributed by atoms with Gasteiger partial charge >= 0.3 is 12.3 Å². The Bertz CT molecular complexity index is 471. The van der Waals surface area contributed by atoms with Crippen LogP contribution in [-0.2, 0) is 12.6 Å². The Morgan fingerprint density at radius 1 is 1.28 bits per heavy atom. The molecule has 0 radical (unpaired) electrons. The van der Waals surface area contributed by atoms with Crippen molar-refractivity contribution in [1.82, 2.24) is 0 Å². The maximum Gasteiger partial charge on any atom is 0.416 e. The van der Waals surface area contributed by atoms with Gasteiger partial charge in [-0.2, -0.15) is 13.2 Å². The fourth-order valence-corrected chi connectivity index (χ4v) is 2.11. The number of amides is 1. The molecule has 6 heteroatoms. The van der Waals surface area contributed by atoms with Crippen LogP contribution < -0.4 is 4.90 Å². The zero-order chi connectivity index (χ0) is 13.3. The molecule has 1 N–H and O–H groups in total. The lowest BCUT2D eigenvalue weighted by molar-refractivity contribution is -0.137. The number of benzene rings is 1. The van der Waals surface area contributed by atoms with E-state index < -0.39 is 17.8 Å². The van der Waals surface area contributed by atoms with E-state index in [1.807, 2.05) is 0 Å². The van der Waals surface area contributed by atoms with Gasteiger partial charge in [-0.25, -0.2) is 4.79 Å². The van der Waals surface area contributed by atoms with Crippen molar-refractivity contribution in [3.63, 3.8) is 0 Å². The highest BCUT2D eigenvalue weighted by atomic mass is 19.4. The Hall–Kier alpha value is -1.72. The molecule has 18 heavy (non-hydrogen) atoms. The van der Waals surface area contributed by atoms with Crippen LogP contribution >= 0.6 is 0 Å². The topological polar surface area (TPSA) is 40.5 Å². The third-order valence-electron chi connectivity index (χ3n) is 3.01. The van der Waals surface area contributed by atoms with E-state index in [0.29, 0.717) is 18.4 Å². The molecule has 0 saturated carbocycles. The van der Waals surface area contributed by atoms with Gasteiger partial charge in [-0.05, 0) is 37.0 Å². The summed E-state index contributed by atoms with van der Waals surface area (Å²) in [4.78, 5) is 12.1. The van der Waals surface area contributed by atoms with Crippen LogP contribution in [-0.4, -0.2) is 17.7 Å². The van der Waals surface area contributed by atoms with Crippen LogP contribution in [0, 0.1) is 0 Å². The Labute approximate surface area is 102 Å². The molecule has 0 spiro atoms. The van der Waals surface area contributed by atoms with Crippen LogP contribution in [0.25, 0.3) is 0 Å². The number of alkyl halides is 3. The average molecular weight is 259 g/mol. The minimum Gasteiger partial charge on any atom is -0.465 e. The third-order valence-corrected chi connectivity index (χ3v) is 3.01. The Morgan fingerprint density at radius 2 is 2.00 bits per heavy atom. The predicted molar refractivity (Wildman–Crippen MR) is 59.8 cm³/mol. The van der Waals surface area contributed by atoms with E-state index in [-0.39, 0.29) is 12.2 Å². The van der Waals surface area contributed by atoms with Crippen LogP contribution in [0.1, 0.15) is 24.0 Å². The van der Waals surface area contributed by atoms with E-state index >= 15 is 0 Å². The first-order chi connectivity index (χ1) is 8.39. The molecule has 1 heterocycles. The first-order valence-corrected chi connectivity index (χ1v) is 5.60. The van der Waals surface area contributed by atoms with E-state index in [0.717, 1.165) is 23.5 Å². The first-order valence-electron chi connectivity index (χ1n) is 5.60. The van der Waals surface area contributed by atoms with Crippen LogP contribution in [0.2, 0.25) is 0 Å². The van der Waals surface area contributed by atoms with Crippen molar-refractivity contribution in [2.24, 2.45) is 0 Å². The molecule has 0 unspecified atom stereocenters. The van der Waals surface area contributed by atoms with Gasteiger partial charge in [-0.15, -0.1) is 0 Å². The summed E-state index contributed by atoms with van der Waals surface area (Å²) in [6.07, 6.45) is -3.62. The molecular formula is C12H12F3NO2. The Balaban J connectivity index is 2.50. The van der Waals surface area contributed by atoms with Gasteiger partial charge in [-0.1, -0.05) is 6.07 Å². The number of halogens is 3. The molecule has 0 bridgehead atoms. The number of hydrogen-bond donors (Lipinski definition) is 1. The molecule has 98 valence electrons. The second-order valence-electron chi connectivity index (χ2n) is 4.23. The maximum atomic E-state index is 12.6. The number of hydrogen-bond acceptors (Lipinski definition) is 1. The van der Waals surface area contributed by atoms with E-state index in [1.165, 1.54) is 6.07 Å². The minimum atomic E-state index is -4.45. The molecule has 0 aromatic heterocycles. The lowest BCUT2D eigenvalue weighted by atomic mass is 10.0. The van der Waals surface area contributed by atoms with Crippen molar-refractivity contribution >= 4 is 11.8 Å². The SMILES string of the molecule is O=C(O)N1CCCCc2ccc(C(F)(F)F)cc21. The number of aryl methyl sites for hydroxylation is 1. The summed E-state index contributed by atoms with van der Waals surface area (Å²) in [5.41, 5.74) is 0.00660. The highest BCUT2D eigenvalue weighted by Gasteiger charge is 2.32. The fraction of sp³-hybridized carbons (Fsp3) is 0.417. The van der Waals surface area contributed by atoms with Crippen molar-refractivity contribution < 1.29 is 23.1 Å². The molecule has 1 aromatic rings. The second-order valence-corrected chi connectivity index (χ2v) is 4.23. The Kier molecular flexibility index (Phi) is 3.19. The number of anilines is 1. The molecule has 0 saturated heterocycles. The number of rotatable bonds is 0. The molecule has 1 amide bonds. The smallest absolute Gasteiger partial charge is 0.416 e. The summed E-state index contributed by atoms with van der Waals surface area (Å²) in [5, 5.41) is 9.05. The highest BCUT2D eigenvalue weighted by Crippen LogP contribution is 2.35. The zero-order valence-corrected chi connectivity index (χ0v) is 9.50. The van der Waals surface area contributed by atoms with Crippen LogP contribution in [0.4, 0.5) is 23.7 Å². The van der Waals surface area contributed by atoms with Crippen LogP contribution in [0.5, 0.6) is 0 Å². The van der Waals surface area contributed by atoms with Gasteiger partial charge < -0.3 is 5.11 Å². The van der Waals surface area contributed by atoms with Crippen LogP contribution in [0.15, 0.2) is 18.2 Å². The minimum absolute atomic E-state index is 0.162. The summed E-state index contributed by atoms with van der Waals surface area (Å²) in [6.45, 7) is 0.240. The van der Waals surface area contributed by atoms with E-state index in [9.17, 15) is 18.0 Å². The number of nitrogens with zero attached hydrogens (tertiary/aromatic N) is 1. The molecule has 0 aliphatic carbocycles. The molecule has 0 fully saturated rings. The monoisotopic (exact) mass is 259 g/mol. The van der Waals surface area contributed by atoms with Crippen molar-refractivity contribution in [2.45, 2.75) is 25.4 Å². The third kappa shape index (κ3) is 2.42. The summed E-state index contributed by atoms with van der Waals surface area (Å²) in [5.74, 6) is 0. The van der Waals surface area contributed by atoms with Gasteiger partial charge in [0.15, 0.2) is 0 Å². The largest absolute Gasteiger partial charge is 0.465 e. The highest BCUT2D eigenvalue weighted by molar-refractivity contribution is 5.87. The number of carboxylic acid groups (broad SMARTS) is 1. The molecular weight excluding hydrogens is 247 g/mol. The van der Waals surface area contributed by atoms with Crippen molar-refractivity contribution in [3.05, 3.63) is 29.3 Å². The average Bonchev–Trinajstić information content (AvgIpc) is 2.48. The zero-order valence-electron chi connectivity index (χ0n) is 9.50.